The number of hydrogen-bond acceptors (Lipinski definition) is 3. The normalized spacial score (nSPS) is 13.1. The van der Waals surface area contributed by atoms with Gasteiger partial charge in [0.2, 0.25) is 0 Å². The Bertz CT molecular complexity index is 536. The summed E-state index contributed by atoms with van der Waals surface area (Å²) < 4.78 is 14.0. The van der Waals surface area contributed by atoms with Crippen LogP contribution in [-0.4, -0.2) is 11.0 Å². The summed E-state index contributed by atoms with van der Waals surface area (Å²) in [6.07, 6.45) is 3.63. The summed E-state index contributed by atoms with van der Waals surface area (Å²) >= 11 is 1.52. The molecule has 1 unspecified atom stereocenters. The number of rotatable bonds is 6. The zero-order valence-corrected chi connectivity index (χ0v) is 12.6. The van der Waals surface area contributed by atoms with Crippen LogP contribution < -0.4 is 5.32 Å². The van der Waals surface area contributed by atoms with Crippen molar-refractivity contribution in [3.05, 3.63) is 24.0 Å². The summed E-state index contributed by atoms with van der Waals surface area (Å²) in [6, 6.07) is 5.14. The van der Waals surface area contributed by atoms with E-state index in [1.54, 1.807) is 12.1 Å². The number of fused-ring (bicyclic) bond motifs is 1. The maximum Gasteiger partial charge on any atom is 0.184 e. The van der Waals surface area contributed by atoms with Gasteiger partial charge in [-0.1, -0.05) is 38.0 Å². The topological polar surface area (TPSA) is 24.9 Å². The predicted molar refractivity (Wildman–Crippen MR) is 81.4 cm³/mol. The molecule has 2 nitrogen and oxygen atoms in total. The number of benzene rings is 1. The molecule has 4 heteroatoms. The Morgan fingerprint density at radius 3 is 2.79 bits per heavy atom. The van der Waals surface area contributed by atoms with Gasteiger partial charge in [-0.15, -0.1) is 0 Å². The molecule has 2 aromatic rings. The van der Waals surface area contributed by atoms with Crippen LogP contribution in [0.15, 0.2) is 18.2 Å². The molecule has 19 heavy (non-hydrogen) atoms. The Kier molecular flexibility index (Phi) is 4.75. The standard InChI is InChI=1S/C15H21FN2S/c1-10(2)5-4-6-11(3)17-15-18-13-8-7-12(16)9-14(13)19-15/h7-11H,4-6H2,1-3H3,(H,17,18). The number of nitrogens with one attached hydrogen (secondary N) is 1. The molecule has 1 aromatic carbocycles. The van der Waals surface area contributed by atoms with Crippen LogP contribution in [0.25, 0.3) is 10.2 Å². The summed E-state index contributed by atoms with van der Waals surface area (Å²) in [5.74, 6) is 0.560. The molecule has 0 aliphatic rings. The minimum absolute atomic E-state index is 0.201. The third-order valence-electron chi connectivity index (χ3n) is 3.14. The summed E-state index contributed by atoms with van der Waals surface area (Å²) in [5, 5.41) is 4.30. The zero-order valence-electron chi connectivity index (χ0n) is 11.7. The van der Waals surface area contributed by atoms with E-state index in [-0.39, 0.29) is 5.82 Å². The number of hydrogen-bond donors (Lipinski definition) is 1. The Labute approximate surface area is 118 Å². The highest BCUT2D eigenvalue weighted by Crippen LogP contribution is 2.27. The van der Waals surface area contributed by atoms with Crippen LogP contribution in [0.2, 0.25) is 0 Å². The van der Waals surface area contributed by atoms with Crippen molar-refractivity contribution in [3.8, 4) is 0 Å². The van der Waals surface area contributed by atoms with Gasteiger partial charge in [-0.25, -0.2) is 9.37 Å². The summed E-state index contributed by atoms with van der Waals surface area (Å²) in [6.45, 7) is 6.67. The van der Waals surface area contributed by atoms with Gasteiger partial charge in [-0.05, 0) is 37.5 Å². The van der Waals surface area contributed by atoms with Crippen LogP contribution in [0.5, 0.6) is 0 Å². The average molecular weight is 280 g/mol. The first kappa shape index (κ1) is 14.3. The lowest BCUT2D eigenvalue weighted by Crippen LogP contribution is -2.14. The first-order valence-electron chi connectivity index (χ1n) is 6.87. The molecule has 0 saturated heterocycles. The van der Waals surface area contributed by atoms with Gasteiger partial charge in [-0.3, -0.25) is 0 Å². The molecule has 104 valence electrons. The minimum Gasteiger partial charge on any atom is -0.359 e. The van der Waals surface area contributed by atoms with E-state index in [0.29, 0.717) is 6.04 Å². The lowest BCUT2D eigenvalue weighted by atomic mass is 10.0. The molecule has 0 aliphatic carbocycles. The van der Waals surface area contributed by atoms with Crippen molar-refractivity contribution >= 4 is 26.7 Å². The van der Waals surface area contributed by atoms with Crippen LogP contribution in [0.3, 0.4) is 0 Å². The van der Waals surface area contributed by atoms with E-state index in [0.717, 1.165) is 27.7 Å². The van der Waals surface area contributed by atoms with E-state index in [1.807, 2.05) is 0 Å². The maximum absolute atomic E-state index is 13.1. The molecule has 1 atom stereocenters. The van der Waals surface area contributed by atoms with E-state index in [2.05, 4.69) is 31.1 Å². The largest absolute Gasteiger partial charge is 0.359 e. The molecule has 1 heterocycles. The number of nitrogens with zero attached hydrogens (tertiary/aromatic N) is 1. The fraction of sp³-hybridized carbons (Fsp3) is 0.533. The Hall–Kier alpha value is -1.16. The molecular formula is C15H21FN2S. The van der Waals surface area contributed by atoms with Crippen molar-refractivity contribution in [3.63, 3.8) is 0 Å². The SMILES string of the molecule is CC(C)CCCC(C)Nc1nc2ccc(F)cc2s1. The van der Waals surface area contributed by atoms with E-state index < -0.39 is 0 Å². The molecule has 0 bridgehead atoms. The second-order valence-corrected chi connectivity index (χ2v) is 6.53. The molecule has 0 amide bonds. The molecule has 1 aromatic heterocycles. The Morgan fingerprint density at radius 2 is 2.05 bits per heavy atom. The fourth-order valence-electron chi connectivity index (χ4n) is 2.08. The van der Waals surface area contributed by atoms with Crippen molar-refractivity contribution in [1.29, 1.82) is 0 Å². The van der Waals surface area contributed by atoms with Crippen molar-refractivity contribution < 1.29 is 4.39 Å². The monoisotopic (exact) mass is 280 g/mol. The first-order valence-corrected chi connectivity index (χ1v) is 7.69. The summed E-state index contributed by atoms with van der Waals surface area (Å²) in [4.78, 5) is 4.48. The van der Waals surface area contributed by atoms with Gasteiger partial charge >= 0.3 is 0 Å². The van der Waals surface area contributed by atoms with Crippen LogP contribution >= 0.6 is 11.3 Å². The van der Waals surface area contributed by atoms with Crippen LogP contribution in [0.1, 0.15) is 40.0 Å². The minimum atomic E-state index is -0.201. The fourth-order valence-corrected chi connectivity index (χ4v) is 3.08. The Morgan fingerprint density at radius 1 is 1.26 bits per heavy atom. The number of aromatic nitrogens is 1. The highest BCUT2D eigenvalue weighted by atomic mass is 32.1. The Balaban J connectivity index is 1.93. The smallest absolute Gasteiger partial charge is 0.184 e. The van der Waals surface area contributed by atoms with E-state index >= 15 is 0 Å². The number of halogens is 1. The lowest BCUT2D eigenvalue weighted by Gasteiger charge is -2.13. The van der Waals surface area contributed by atoms with Crippen molar-refractivity contribution in [2.45, 2.75) is 46.1 Å². The predicted octanol–water partition coefficient (Wildman–Crippen LogP) is 5.06. The third-order valence-corrected chi connectivity index (χ3v) is 4.09. The highest BCUT2D eigenvalue weighted by molar-refractivity contribution is 7.22. The van der Waals surface area contributed by atoms with Crippen molar-refractivity contribution in [2.24, 2.45) is 5.92 Å². The summed E-state index contributed by atoms with van der Waals surface area (Å²) in [5.41, 5.74) is 0.864. The van der Waals surface area contributed by atoms with Gasteiger partial charge in [0.05, 0.1) is 10.2 Å². The molecule has 0 radical (unpaired) electrons. The van der Waals surface area contributed by atoms with E-state index in [4.69, 9.17) is 0 Å². The third kappa shape index (κ3) is 4.16. The molecule has 2 rings (SSSR count). The van der Waals surface area contributed by atoms with Gasteiger partial charge < -0.3 is 5.32 Å². The average Bonchev–Trinajstić information content (AvgIpc) is 2.69. The highest BCUT2D eigenvalue weighted by Gasteiger charge is 2.08. The molecule has 1 N–H and O–H groups in total. The summed E-state index contributed by atoms with van der Waals surface area (Å²) in [7, 11) is 0. The van der Waals surface area contributed by atoms with Crippen LogP contribution in [-0.2, 0) is 0 Å². The second-order valence-electron chi connectivity index (χ2n) is 5.50. The van der Waals surface area contributed by atoms with E-state index in [1.165, 1.54) is 30.2 Å². The lowest BCUT2D eigenvalue weighted by molar-refractivity contribution is 0.520. The number of thiazole rings is 1. The van der Waals surface area contributed by atoms with Crippen molar-refractivity contribution in [2.75, 3.05) is 5.32 Å². The molecule has 0 saturated carbocycles. The van der Waals surface area contributed by atoms with Gasteiger partial charge in [0.15, 0.2) is 5.13 Å². The van der Waals surface area contributed by atoms with Gasteiger partial charge in [0.25, 0.3) is 0 Å². The first-order chi connectivity index (χ1) is 9.04. The van der Waals surface area contributed by atoms with Gasteiger partial charge in [-0.2, -0.15) is 0 Å². The van der Waals surface area contributed by atoms with Crippen LogP contribution in [0.4, 0.5) is 9.52 Å². The second kappa shape index (κ2) is 6.33. The number of anilines is 1. The molecule has 0 fully saturated rings. The molecule has 0 spiro atoms. The van der Waals surface area contributed by atoms with Gasteiger partial charge in [0, 0.05) is 6.04 Å². The quantitative estimate of drug-likeness (QED) is 0.799. The van der Waals surface area contributed by atoms with Crippen molar-refractivity contribution in [1.82, 2.24) is 4.98 Å². The van der Waals surface area contributed by atoms with E-state index in [9.17, 15) is 4.39 Å². The molecular weight excluding hydrogens is 259 g/mol. The van der Waals surface area contributed by atoms with Gasteiger partial charge in [0.1, 0.15) is 5.82 Å². The van der Waals surface area contributed by atoms with Crippen LogP contribution in [0, 0.1) is 11.7 Å². The maximum atomic E-state index is 13.1. The molecule has 0 aliphatic heterocycles. The zero-order chi connectivity index (χ0) is 13.8.